The Morgan fingerprint density at radius 1 is 0.585 bits per heavy atom. The summed E-state index contributed by atoms with van der Waals surface area (Å²) >= 11 is 0. The number of nitrogens with zero attached hydrogens (tertiary/aromatic N) is 2. The molecule has 0 amide bonds. The molecule has 0 unspecified atom stereocenters. The normalized spacial score (nSPS) is 12.0. The van der Waals surface area contributed by atoms with E-state index >= 15 is 0 Å². The standard InChI is InChI=1S/C27H44N4O6S2.2ClH/c1-20-16-22(3)26(23(4)17-20)38(32,33)30(12-7-10-28)36-14-9-15-37-31(13-8-11-29)39(34,35)27-24(5)18-21(2)19-25(27)6;;/h16-19H,7-15,28-29H2,1-6H3;2*1H. The Hall–Kier alpha value is -1.32. The van der Waals surface area contributed by atoms with Gasteiger partial charge in [0.15, 0.2) is 0 Å². The highest BCUT2D eigenvalue weighted by Gasteiger charge is 2.30. The molecule has 0 aliphatic heterocycles. The van der Waals surface area contributed by atoms with Crippen LogP contribution in [0.1, 0.15) is 52.6 Å². The van der Waals surface area contributed by atoms with Gasteiger partial charge in [0.05, 0.1) is 23.0 Å². The van der Waals surface area contributed by atoms with E-state index in [0.29, 0.717) is 48.2 Å². The van der Waals surface area contributed by atoms with Gasteiger partial charge in [0.25, 0.3) is 20.0 Å². The molecule has 0 fully saturated rings. The second-order valence-corrected chi connectivity index (χ2v) is 13.4. The summed E-state index contributed by atoms with van der Waals surface area (Å²) in [6, 6.07) is 7.29. The third-order valence-corrected chi connectivity index (χ3v) is 10.1. The number of benzene rings is 2. The van der Waals surface area contributed by atoms with Crippen molar-refractivity contribution >= 4 is 44.9 Å². The highest BCUT2D eigenvalue weighted by molar-refractivity contribution is 7.89. The van der Waals surface area contributed by atoms with Gasteiger partial charge in [-0.3, -0.25) is 9.68 Å². The Kier molecular flexibility index (Phi) is 17.1. The zero-order valence-electron chi connectivity index (χ0n) is 24.8. The van der Waals surface area contributed by atoms with Crippen molar-refractivity contribution in [2.75, 3.05) is 39.4 Å². The summed E-state index contributed by atoms with van der Waals surface area (Å²) in [4.78, 5) is 11.8. The summed E-state index contributed by atoms with van der Waals surface area (Å²) in [7, 11) is -7.89. The molecule has 0 spiro atoms. The van der Waals surface area contributed by atoms with E-state index in [-0.39, 0.29) is 67.3 Å². The second-order valence-electron chi connectivity index (χ2n) is 9.82. The molecule has 2 aromatic carbocycles. The van der Waals surface area contributed by atoms with Crippen molar-refractivity contribution in [2.24, 2.45) is 11.5 Å². The lowest BCUT2D eigenvalue weighted by Gasteiger charge is -2.25. The van der Waals surface area contributed by atoms with Gasteiger partial charge in [0.1, 0.15) is 0 Å². The Morgan fingerprint density at radius 3 is 1.15 bits per heavy atom. The van der Waals surface area contributed by atoms with Gasteiger partial charge in [-0.15, -0.1) is 24.8 Å². The number of hydrogen-bond donors (Lipinski definition) is 2. The minimum atomic E-state index is -3.94. The topological polar surface area (TPSA) is 145 Å². The SMILES string of the molecule is Cc1cc(C)c(S(=O)(=O)N(CCCN)OCCCON(CCCN)S(=O)(=O)c2c(C)cc(C)cc2C)c(C)c1.Cl.Cl. The van der Waals surface area contributed by atoms with Crippen molar-refractivity contribution in [2.45, 2.75) is 70.6 Å². The van der Waals surface area contributed by atoms with Crippen LogP contribution in [0.5, 0.6) is 0 Å². The average molecular weight is 658 g/mol. The molecule has 2 aromatic rings. The third-order valence-electron chi connectivity index (χ3n) is 6.11. The number of hydrogen-bond acceptors (Lipinski definition) is 8. The van der Waals surface area contributed by atoms with Gasteiger partial charge in [-0.05, 0) is 96.1 Å². The molecular weight excluding hydrogens is 611 g/mol. The van der Waals surface area contributed by atoms with Crippen LogP contribution in [0.2, 0.25) is 0 Å². The molecule has 0 aliphatic carbocycles. The fraction of sp³-hybridized carbons (Fsp3) is 0.556. The maximum atomic E-state index is 13.5. The molecule has 0 aromatic heterocycles. The average Bonchev–Trinajstić information content (AvgIpc) is 2.80. The van der Waals surface area contributed by atoms with Gasteiger partial charge in [0.2, 0.25) is 0 Å². The van der Waals surface area contributed by atoms with Crippen molar-refractivity contribution in [3.8, 4) is 0 Å². The summed E-state index contributed by atoms with van der Waals surface area (Å²) in [5, 5.41) is 0. The largest absolute Gasteiger partial charge is 0.330 e. The summed E-state index contributed by atoms with van der Waals surface area (Å²) in [6.45, 7) is 11.7. The van der Waals surface area contributed by atoms with Crippen molar-refractivity contribution in [1.82, 2.24) is 8.94 Å². The molecule has 0 atom stereocenters. The van der Waals surface area contributed by atoms with E-state index in [0.717, 1.165) is 20.1 Å². The van der Waals surface area contributed by atoms with Gasteiger partial charge in [-0.1, -0.05) is 44.3 Å². The van der Waals surface area contributed by atoms with Crippen molar-refractivity contribution in [3.05, 3.63) is 57.6 Å². The van der Waals surface area contributed by atoms with E-state index in [4.69, 9.17) is 21.1 Å². The van der Waals surface area contributed by atoms with Crippen molar-refractivity contribution in [3.63, 3.8) is 0 Å². The van der Waals surface area contributed by atoms with Crippen molar-refractivity contribution in [1.29, 1.82) is 0 Å². The van der Waals surface area contributed by atoms with Crippen LogP contribution >= 0.6 is 24.8 Å². The van der Waals surface area contributed by atoms with Crippen LogP contribution in [0.25, 0.3) is 0 Å². The molecular formula is C27H46Cl2N4O6S2. The monoisotopic (exact) mass is 656 g/mol. The van der Waals surface area contributed by atoms with Gasteiger partial charge < -0.3 is 11.5 Å². The van der Waals surface area contributed by atoms with Gasteiger partial charge in [-0.25, -0.2) is 16.8 Å². The fourth-order valence-corrected chi connectivity index (χ4v) is 8.13. The summed E-state index contributed by atoms with van der Waals surface area (Å²) in [5.74, 6) is 0. The Labute approximate surface area is 258 Å². The first-order chi connectivity index (χ1) is 18.3. The maximum absolute atomic E-state index is 13.5. The fourth-order valence-electron chi connectivity index (χ4n) is 4.69. The zero-order chi connectivity index (χ0) is 29.4. The summed E-state index contributed by atoms with van der Waals surface area (Å²) < 4.78 is 55.9. The lowest BCUT2D eigenvalue weighted by molar-refractivity contribution is -0.116. The van der Waals surface area contributed by atoms with Crippen LogP contribution in [0.4, 0.5) is 0 Å². The quantitative estimate of drug-likeness (QED) is 0.204. The minimum Gasteiger partial charge on any atom is -0.330 e. The van der Waals surface area contributed by atoms with Crippen LogP contribution in [-0.2, 0) is 29.7 Å². The number of sulfonamides is 2. The lowest BCUT2D eigenvalue weighted by Crippen LogP contribution is -2.36. The lowest BCUT2D eigenvalue weighted by atomic mass is 10.1. The Balaban J connectivity index is 0.00000800. The van der Waals surface area contributed by atoms with E-state index in [1.165, 1.54) is 0 Å². The maximum Gasteiger partial charge on any atom is 0.265 e. The Bertz CT molecular complexity index is 1190. The van der Waals surface area contributed by atoms with E-state index in [1.807, 2.05) is 38.1 Å². The number of rotatable bonds is 16. The number of nitrogens with two attached hydrogens (primary N) is 2. The van der Waals surface area contributed by atoms with Crippen molar-refractivity contribution < 1.29 is 26.5 Å². The van der Waals surface area contributed by atoms with Crippen LogP contribution in [0.15, 0.2) is 34.1 Å². The van der Waals surface area contributed by atoms with E-state index < -0.39 is 20.0 Å². The molecule has 0 radical (unpaired) electrons. The minimum absolute atomic E-state index is 0. The molecule has 14 heteroatoms. The second kappa shape index (κ2) is 17.7. The molecule has 0 saturated heterocycles. The van der Waals surface area contributed by atoms with Crippen LogP contribution in [0.3, 0.4) is 0 Å². The number of aryl methyl sites for hydroxylation is 6. The number of halogens is 2. The zero-order valence-corrected chi connectivity index (χ0v) is 28.1. The molecule has 41 heavy (non-hydrogen) atoms. The summed E-state index contributed by atoms with van der Waals surface area (Å²) in [5.41, 5.74) is 15.8. The predicted octanol–water partition coefficient (Wildman–Crippen LogP) is 4.01. The molecule has 0 aliphatic rings. The van der Waals surface area contributed by atoms with Gasteiger partial charge in [0, 0.05) is 13.1 Å². The molecule has 0 saturated carbocycles. The molecule has 0 bridgehead atoms. The van der Waals surface area contributed by atoms with E-state index in [1.54, 1.807) is 27.7 Å². The molecule has 10 nitrogen and oxygen atoms in total. The molecule has 2 rings (SSSR count). The van der Waals surface area contributed by atoms with E-state index in [9.17, 15) is 16.8 Å². The highest BCUT2D eigenvalue weighted by Crippen LogP contribution is 2.27. The van der Waals surface area contributed by atoms with Crippen LogP contribution < -0.4 is 11.5 Å². The molecule has 0 heterocycles. The molecule has 4 N–H and O–H groups in total. The van der Waals surface area contributed by atoms with Crippen LogP contribution in [-0.4, -0.2) is 65.2 Å². The smallest absolute Gasteiger partial charge is 0.265 e. The van der Waals surface area contributed by atoms with E-state index in [2.05, 4.69) is 0 Å². The van der Waals surface area contributed by atoms with Gasteiger partial charge >= 0.3 is 0 Å². The third kappa shape index (κ3) is 10.4. The van der Waals surface area contributed by atoms with Gasteiger partial charge in [-0.2, -0.15) is 0 Å². The number of hydroxylamine groups is 2. The first-order valence-electron chi connectivity index (χ1n) is 13.1. The first-order valence-corrected chi connectivity index (χ1v) is 16.0. The first kappa shape index (κ1) is 39.7. The predicted molar refractivity (Wildman–Crippen MR) is 167 cm³/mol. The Morgan fingerprint density at radius 2 is 0.878 bits per heavy atom. The molecule has 236 valence electrons. The summed E-state index contributed by atoms with van der Waals surface area (Å²) in [6.07, 6.45) is 1.08. The van der Waals surface area contributed by atoms with Crippen LogP contribution in [0, 0.1) is 41.5 Å². The highest BCUT2D eigenvalue weighted by atomic mass is 35.5.